The number of amides is 1. The molecule has 5 heteroatoms. The Hall–Kier alpha value is -2.48. The molecule has 1 aromatic rings. The van der Waals surface area contributed by atoms with Crippen LogP contribution in [-0.4, -0.2) is 30.3 Å². The molecule has 1 rings (SSSR count). The zero-order valence-corrected chi connectivity index (χ0v) is 17.9. The van der Waals surface area contributed by atoms with Crippen molar-refractivity contribution in [3.63, 3.8) is 0 Å². The van der Waals surface area contributed by atoms with Gasteiger partial charge in [0, 0.05) is 12.1 Å². The molecule has 0 saturated heterocycles. The van der Waals surface area contributed by atoms with Crippen molar-refractivity contribution in [1.29, 1.82) is 0 Å². The van der Waals surface area contributed by atoms with Gasteiger partial charge in [-0.2, -0.15) is 0 Å². The Labute approximate surface area is 169 Å². The van der Waals surface area contributed by atoms with Crippen LogP contribution >= 0.6 is 0 Å². The Balaban J connectivity index is 2.55. The summed E-state index contributed by atoms with van der Waals surface area (Å²) < 4.78 is 10.8. The first-order valence-electron chi connectivity index (χ1n) is 9.72. The highest BCUT2D eigenvalue weighted by molar-refractivity contribution is 5.75. The van der Waals surface area contributed by atoms with Gasteiger partial charge in [0.2, 0.25) is 0 Å². The van der Waals surface area contributed by atoms with E-state index < -0.39 is 23.2 Å². The summed E-state index contributed by atoms with van der Waals surface area (Å²) in [5, 5.41) is 2.73. The SMILES string of the molecule is CC(C)(C)OC(=O)NCCCCC(C#Cc1ccccc1)OC(=O)C(C)(C)C. The van der Waals surface area contributed by atoms with Crippen LogP contribution in [0.3, 0.4) is 0 Å². The number of benzene rings is 1. The van der Waals surface area contributed by atoms with E-state index in [0.717, 1.165) is 18.4 Å². The fourth-order valence-corrected chi connectivity index (χ4v) is 2.11. The third-order valence-corrected chi connectivity index (χ3v) is 3.57. The van der Waals surface area contributed by atoms with Gasteiger partial charge in [0.1, 0.15) is 5.60 Å². The summed E-state index contributed by atoms with van der Waals surface area (Å²) in [6.07, 6.45) is 1.22. The maximum Gasteiger partial charge on any atom is 0.407 e. The number of ether oxygens (including phenoxy) is 2. The molecule has 0 radical (unpaired) electrons. The average molecular weight is 388 g/mol. The quantitative estimate of drug-likeness (QED) is 0.437. The first-order valence-corrected chi connectivity index (χ1v) is 9.72. The molecule has 0 heterocycles. The normalized spacial score (nSPS) is 12.4. The second-order valence-electron chi connectivity index (χ2n) is 8.70. The molecule has 154 valence electrons. The third kappa shape index (κ3) is 10.6. The van der Waals surface area contributed by atoms with Gasteiger partial charge in [0.05, 0.1) is 5.41 Å². The monoisotopic (exact) mass is 387 g/mol. The zero-order valence-electron chi connectivity index (χ0n) is 17.9. The van der Waals surface area contributed by atoms with Crippen LogP contribution in [0, 0.1) is 17.3 Å². The minimum Gasteiger partial charge on any atom is -0.449 e. The van der Waals surface area contributed by atoms with Crippen LogP contribution in [0.4, 0.5) is 4.79 Å². The van der Waals surface area contributed by atoms with Gasteiger partial charge in [0.25, 0.3) is 0 Å². The summed E-state index contributed by atoms with van der Waals surface area (Å²) in [6, 6.07) is 9.60. The molecule has 0 saturated carbocycles. The lowest BCUT2D eigenvalue weighted by Gasteiger charge is -2.21. The van der Waals surface area contributed by atoms with E-state index in [9.17, 15) is 9.59 Å². The van der Waals surface area contributed by atoms with Crippen LogP contribution in [0.2, 0.25) is 0 Å². The van der Waals surface area contributed by atoms with Crippen LogP contribution in [0.15, 0.2) is 30.3 Å². The maximum absolute atomic E-state index is 12.2. The number of hydrogen-bond acceptors (Lipinski definition) is 4. The molecule has 28 heavy (non-hydrogen) atoms. The van der Waals surface area contributed by atoms with Crippen molar-refractivity contribution in [1.82, 2.24) is 5.32 Å². The van der Waals surface area contributed by atoms with Crippen molar-refractivity contribution in [3.05, 3.63) is 35.9 Å². The molecular formula is C23H33NO4. The van der Waals surface area contributed by atoms with E-state index >= 15 is 0 Å². The predicted molar refractivity (Wildman–Crippen MR) is 111 cm³/mol. The minimum absolute atomic E-state index is 0.272. The molecule has 0 aromatic heterocycles. The number of esters is 1. The molecular weight excluding hydrogens is 354 g/mol. The molecule has 0 aliphatic carbocycles. The molecule has 1 aromatic carbocycles. The lowest BCUT2D eigenvalue weighted by Crippen LogP contribution is -2.33. The van der Waals surface area contributed by atoms with Crippen LogP contribution in [0.1, 0.15) is 66.4 Å². The predicted octanol–water partition coefficient (Wildman–Crippen LogP) is 4.69. The van der Waals surface area contributed by atoms with Crippen molar-refractivity contribution in [2.75, 3.05) is 6.54 Å². The fourth-order valence-electron chi connectivity index (χ4n) is 2.11. The van der Waals surface area contributed by atoms with Crippen molar-refractivity contribution in [3.8, 4) is 11.8 Å². The van der Waals surface area contributed by atoms with E-state index in [-0.39, 0.29) is 5.97 Å². The number of nitrogens with one attached hydrogen (secondary N) is 1. The smallest absolute Gasteiger partial charge is 0.407 e. The van der Waals surface area contributed by atoms with Gasteiger partial charge >= 0.3 is 12.1 Å². The molecule has 1 N–H and O–H groups in total. The first-order chi connectivity index (χ1) is 13.0. The third-order valence-electron chi connectivity index (χ3n) is 3.57. The molecule has 1 atom stereocenters. The molecule has 0 fully saturated rings. The number of rotatable bonds is 6. The number of carbonyl (C=O) groups excluding carboxylic acids is 2. The summed E-state index contributed by atoms with van der Waals surface area (Å²) in [5.74, 6) is 5.86. The molecule has 0 bridgehead atoms. The highest BCUT2D eigenvalue weighted by Crippen LogP contribution is 2.18. The van der Waals surface area contributed by atoms with Crippen molar-refractivity contribution >= 4 is 12.1 Å². The maximum atomic E-state index is 12.2. The van der Waals surface area contributed by atoms with Gasteiger partial charge in [0.15, 0.2) is 6.10 Å². The highest BCUT2D eigenvalue weighted by atomic mass is 16.6. The van der Waals surface area contributed by atoms with E-state index in [0.29, 0.717) is 13.0 Å². The van der Waals surface area contributed by atoms with Gasteiger partial charge in [-0.1, -0.05) is 30.0 Å². The van der Waals surface area contributed by atoms with Gasteiger partial charge in [-0.05, 0) is 72.9 Å². The lowest BCUT2D eigenvalue weighted by molar-refractivity contribution is -0.156. The molecule has 0 aliphatic rings. The number of unbranched alkanes of at least 4 members (excludes halogenated alkanes) is 1. The van der Waals surface area contributed by atoms with E-state index in [1.54, 1.807) is 0 Å². The topological polar surface area (TPSA) is 64.6 Å². The Morgan fingerprint density at radius 3 is 2.25 bits per heavy atom. The average Bonchev–Trinajstić information content (AvgIpc) is 2.57. The summed E-state index contributed by atoms with van der Waals surface area (Å²) >= 11 is 0. The Kier molecular flexibility index (Phi) is 9.05. The van der Waals surface area contributed by atoms with Gasteiger partial charge in [-0.25, -0.2) is 4.79 Å². The zero-order chi connectivity index (χ0) is 21.2. The number of alkyl carbamates (subject to hydrolysis) is 1. The second kappa shape index (κ2) is 10.8. The van der Waals surface area contributed by atoms with Crippen LogP contribution in [0.25, 0.3) is 0 Å². The molecule has 1 unspecified atom stereocenters. The molecule has 0 aliphatic heterocycles. The highest BCUT2D eigenvalue weighted by Gasteiger charge is 2.25. The van der Waals surface area contributed by atoms with Crippen molar-refractivity contribution < 1.29 is 19.1 Å². The van der Waals surface area contributed by atoms with Crippen molar-refractivity contribution in [2.24, 2.45) is 5.41 Å². The van der Waals surface area contributed by atoms with Crippen LogP contribution < -0.4 is 5.32 Å². The largest absolute Gasteiger partial charge is 0.449 e. The molecule has 0 spiro atoms. The van der Waals surface area contributed by atoms with Crippen LogP contribution in [-0.2, 0) is 14.3 Å². The Bertz CT molecular complexity index is 687. The minimum atomic E-state index is -0.578. The number of carbonyl (C=O) groups is 2. The number of hydrogen-bond donors (Lipinski definition) is 1. The van der Waals surface area contributed by atoms with Gasteiger partial charge in [-0.15, -0.1) is 0 Å². The first kappa shape index (κ1) is 23.6. The fraction of sp³-hybridized carbons (Fsp3) is 0.565. The molecule has 5 nitrogen and oxygen atoms in total. The summed E-state index contributed by atoms with van der Waals surface area (Å²) in [6.45, 7) is 11.4. The summed E-state index contributed by atoms with van der Waals surface area (Å²) in [4.78, 5) is 23.9. The summed E-state index contributed by atoms with van der Waals surface area (Å²) in [5.41, 5.74) is -0.209. The second-order valence-corrected chi connectivity index (χ2v) is 8.70. The Morgan fingerprint density at radius 2 is 1.68 bits per heavy atom. The Morgan fingerprint density at radius 1 is 1.04 bits per heavy atom. The standard InChI is InChI=1S/C23H33NO4/c1-22(2,3)20(25)27-19(16-15-18-12-8-7-9-13-18)14-10-11-17-24-21(26)28-23(4,5)6/h7-9,12-13,19H,10-11,14,17H2,1-6H3,(H,24,26). The van der Waals surface area contributed by atoms with E-state index in [4.69, 9.17) is 9.47 Å². The van der Waals surface area contributed by atoms with Gasteiger partial charge in [-0.3, -0.25) is 4.79 Å². The van der Waals surface area contributed by atoms with Crippen molar-refractivity contribution in [2.45, 2.75) is 72.5 Å². The van der Waals surface area contributed by atoms with E-state index in [1.807, 2.05) is 71.9 Å². The van der Waals surface area contributed by atoms with Gasteiger partial charge < -0.3 is 14.8 Å². The van der Waals surface area contributed by atoms with E-state index in [1.165, 1.54) is 0 Å². The van der Waals surface area contributed by atoms with E-state index in [2.05, 4.69) is 17.2 Å². The van der Waals surface area contributed by atoms with Crippen LogP contribution in [0.5, 0.6) is 0 Å². The molecule has 1 amide bonds. The lowest BCUT2D eigenvalue weighted by atomic mass is 9.97. The summed E-state index contributed by atoms with van der Waals surface area (Å²) in [7, 11) is 0.